The van der Waals surface area contributed by atoms with Gasteiger partial charge in [-0.15, -0.1) is 0 Å². The molecule has 0 spiro atoms. The van der Waals surface area contributed by atoms with Crippen molar-refractivity contribution in [1.29, 1.82) is 0 Å². The highest BCUT2D eigenvalue weighted by atomic mass is 16.3. The van der Waals surface area contributed by atoms with Crippen LogP contribution in [0, 0.1) is 0 Å². The number of anilines is 8. The van der Waals surface area contributed by atoms with Gasteiger partial charge in [0.1, 0.15) is 11.2 Å². The fourth-order valence-corrected chi connectivity index (χ4v) is 17.0. The number of fused-ring (bicyclic) bond motifs is 15. The van der Waals surface area contributed by atoms with E-state index in [2.05, 4.69) is 268 Å². The predicted octanol–water partition coefficient (Wildman–Crippen LogP) is 19.6. The van der Waals surface area contributed by atoms with Crippen LogP contribution in [0.5, 0.6) is 0 Å². The van der Waals surface area contributed by atoms with Gasteiger partial charge in [0.15, 0.2) is 0 Å². The van der Waals surface area contributed by atoms with Crippen molar-refractivity contribution in [3.63, 3.8) is 0 Å². The molecule has 2 unspecified atom stereocenters. The molecule has 84 heavy (non-hydrogen) atoms. The van der Waals surface area contributed by atoms with Crippen molar-refractivity contribution in [3.05, 3.63) is 209 Å². The Kier molecular flexibility index (Phi) is 10.8. The minimum atomic E-state index is -0.204. The number of hydrogen-bond donors (Lipinski definition) is 0. The van der Waals surface area contributed by atoms with E-state index < -0.39 is 0 Å². The molecule has 6 aliphatic rings. The highest BCUT2D eigenvalue weighted by Crippen LogP contribution is 2.63. The SMILES string of the molecule is CC(C)(C)c1ccc(N2c3cc(N4c5ccc(C(C)(C)C)cc5C5(C)CCCCC45C)cc4c3B(c3cc5c(cc3N4c3cccc4oc6ccccc6c34)C(C)(C)CCC5(C)C)c3c2ccc2c3Cc3ccccc3-2)c(-c2ccccc2)c1. The fraction of sp³-hybridized carbons (Fsp3) is 0.316. The molecule has 0 amide bonds. The van der Waals surface area contributed by atoms with Gasteiger partial charge in [0.25, 0.3) is 6.71 Å². The second kappa shape index (κ2) is 17.4. The second-order valence-electron chi connectivity index (χ2n) is 29.8. The Balaban J connectivity index is 1.09. The zero-order chi connectivity index (χ0) is 57.8. The highest BCUT2D eigenvalue weighted by molar-refractivity contribution is 7.00. The fourth-order valence-electron chi connectivity index (χ4n) is 17.0. The van der Waals surface area contributed by atoms with Crippen LogP contribution in [0.3, 0.4) is 0 Å². The molecular formula is C79H78BN3O. The Morgan fingerprint density at radius 2 is 1.08 bits per heavy atom. The summed E-state index contributed by atoms with van der Waals surface area (Å²) < 4.78 is 6.90. The van der Waals surface area contributed by atoms with E-state index in [1.54, 1.807) is 0 Å². The Bertz CT molecular complexity index is 4450. The summed E-state index contributed by atoms with van der Waals surface area (Å²) >= 11 is 0. The third kappa shape index (κ3) is 7.14. The number of hydrogen-bond acceptors (Lipinski definition) is 4. The van der Waals surface area contributed by atoms with Crippen LogP contribution in [0.2, 0.25) is 0 Å². The van der Waals surface area contributed by atoms with Gasteiger partial charge in [0, 0.05) is 50.5 Å². The van der Waals surface area contributed by atoms with Crippen molar-refractivity contribution < 1.29 is 4.42 Å². The first-order valence-corrected chi connectivity index (χ1v) is 31.4. The molecule has 1 fully saturated rings. The molecule has 0 bridgehead atoms. The van der Waals surface area contributed by atoms with E-state index in [1.165, 1.54) is 130 Å². The van der Waals surface area contributed by atoms with Crippen LogP contribution in [-0.4, -0.2) is 12.3 Å². The van der Waals surface area contributed by atoms with E-state index in [9.17, 15) is 0 Å². The molecule has 4 nitrogen and oxygen atoms in total. The molecule has 1 saturated carbocycles. The quantitative estimate of drug-likeness (QED) is 0.164. The minimum Gasteiger partial charge on any atom is -0.456 e. The summed E-state index contributed by atoms with van der Waals surface area (Å²) in [7, 11) is 0. The Hall–Kier alpha value is -7.76. The van der Waals surface area contributed by atoms with Gasteiger partial charge in [-0.05, 0) is 193 Å². The molecule has 3 aliphatic carbocycles. The van der Waals surface area contributed by atoms with Gasteiger partial charge in [0.05, 0.1) is 22.3 Å². The first kappa shape index (κ1) is 51.8. The van der Waals surface area contributed by atoms with E-state index in [0.29, 0.717) is 0 Å². The lowest BCUT2D eigenvalue weighted by atomic mass is 9.32. The van der Waals surface area contributed by atoms with Gasteiger partial charge in [-0.1, -0.05) is 198 Å². The standard InChI is InChI=1S/C79H78BN3O/c1-74(2,3)50-31-34-62(56(42-50)48-23-14-13-15-24-48)81-65-36-33-54-53-26-17-16-25-49(53)41-57(54)72(65)80-61-46-58-59(77(9,10)40-39-76(58,7)8)47-66(61)82(64-28-22-30-70-71(64)55-27-18-19-29-69(55)84-70)68-45-52(44-67(81)73(68)80)83-63-35-32-51(75(4,5)6)43-60(63)78(11)37-20-21-38-79(78,83)12/h13-19,22-36,42-47H,20-21,37-41H2,1-12H3. The second-order valence-corrected chi connectivity index (χ2v) is 29.8. The molecule has 2 atom stereocenters. The van der Waals surface area contributed by atoms with Crippen LogP contribution < -0.4 is 31.1 Å². The largest absolute Gasteiger partial charge is 0.456 e. The topological polar surface area (TPSA) is 22.9 Å². The summed E-state index contributed by atoms with van der Waals surface area (Å²) in [4.78, 5) is 8.34. The van der Waals surface area contributed by atoms with E-state index in [-0.39, 0.29) is 39.3 Å². The molecule has 3 aliphatic heterocycles. The van der Waals surface area contributed by atoms with Crippen LogP contribution in [0.1, 0.15) is 161 Å². The van der Waals surface area contributed by atoms with E-state index in [0.717, 1.165) is 59.7 Å². The molecule has 1 aromatic heterocycles. The first-order valence-electron chi connectivity index (χ1n) is 31.4. The van der Waals surface area contributed by atoms with E-state index >= 15 is 0 Å². The maximum atomic E-state index is 6.90. The third-order valence-electron chi connectivity index (χ3n) is 22.0. The summed E-state index contributed by atoms with van der Waals surface area (Å²) in [5.41, 5.74) is 30.8. The number of furan rings is 1. The minimum absolute atomic E-state index is 0.0124. The van der Waals surface area contributed by atoms with Crippen molar-refractivity contribution >= 4 is 90.5 Å². The molecule has 4 heterocycles. The van der Waals surface area contributed by atoms with Crippen LogP contribution in [0.4, 0.5) is 45.5 Å². The molecule has 0 N–H and O–H groups in total. The zero-order valence-corrected chi connectivity index (χ0v) is 51.4. The number of benzene rings is 9. The van der Waals surface area contributed by atoms with Crippen LogP contribution in [-0.2, 0) is 33.5 Å². The zero-order valence-electron chi connectivity index (χ0n) is 51.4. The number of rotatable bonds is 4. The van der Waals surface area contributed by atoms with Gasteiger partial charge in [-0.25, -0.2) is 0 Å². The lowest BCUT2D eigenvalue weighted by Crippen LogP contribution is -2.63. The monoisotopic (exact) mass is 1100 g/mol. The molecule has 10 aromatic rings. The molecule has 418 valence electrons. The van der Waals surface area contributed by atoms with Crippen molar-refractivity contribution in [2.75, 3.05) is 14.7 Å². The molecule has 5 heteroatoms. The Morgan fingerprint density at radius 3 is 1.83 bits per heavy atom. The highest BCUT2D eigenvalue weighted by Gasteiger charge is 2.59. The summed E-state index contributed by atoms with van der Waals surface area (Å²) in [6, 6.07) is 66.7. The number of para-hydroxylation sites is 1. The van der Waals surface area contributed by atoms with Crippen molar-refractivity contribution in [2.24, 2.45) is 0 Å². The van der Waals surface area contributed by atoms with Gasteiger partial charge in [-0.3, -0.25) is 0 Å². The maximum absolute atomic E-state index is 6.90. The Labute approximate surface area is 498 Å². The van der Waals surface area contributed by atoms with Gasteiger partial charge in [0.2, 0.25) is 0 Å². The van der Waals surface area contributed by atoms with Crippen LogP contribution >= 0.6 is 0 Å². The van der Waals surface area contributed by atoms with E-state index in [1.807, 2.05) is 0 Å². The van der Waals surface area contributed by atoms with Crippen molar-refractivity contribution in [2.45, 2.75) is 161 Å². The number of nitrogens with zero attached hydrogens (tertiary/aromatic N) is 3. The van der Waals surface area contributed by atoms with E-state index in [4.69, 9.17) is 4.42 Å². The third-order valence-corrected chi connectivity index (χ3v) is 22.0. The van der Waals surface area contributed by atoms with Crippen molar-refractivity contribution in [3.8, 4) is 22.3 Å². The van der Waals surface area contributed by atoms with Gasteiger partial charge in [-0.2, -0.15) is 0 Å². The molecule has 0 radical (unpaired) electrons. The summed E-state index contributed by atoms with van der Waals surface area (Å²) in [6.45, 7) is 29.4. The van der Waals surface area contributed by atoms with Crippen molar-refractivity contribution in [1.82, 2.24) is 0 Å². The van der Waals surface area contributed by atoms with Crippen LogP contribution in [0.15, 0.2) is 174 Å². The normalized spacial score (nSPS) is 20.5. The van der Waals surface area contributed by atoms with Crippen LogP contribution in [0.25, 0.3) is 44.2 Å². The average molecular weight is 1100 g/mol. The summed E-state index contributed by atoms with van der Waals surface area (Å²) in [6.07, 6.45) is 7.84. The Morgan fingerprint density at radius 1 is 0.452 bits per heavy atom. The summed E-state index contributed by atoms with van der Waals surface area (Å²) in [5, 5.41) is 2.29. The summed E-state index contributed by atoms with van der Waals surface area (Å²) in [5.74, 6) is 0. The molecule has 9 aromatic carbocycles. The van der Waals surface area contributed by atoms with Gasteiger partial charge < -0.3 is 19.1 Å². The molecule has 16 rings (SSSR count). The average Bonchev–Trinajstić information content (AvgIpc) is 1.22. The lowest BCUT2D eigenvalue weighted by Gasteiger charge is -2.51. The predicted molar refractivity (Wildman–Crippen MR) is 357 cm³/mol. The lowest BCUT2D eigenvalue weighted by molar-refractivity contribution is 0.195. The molecule has 0 saturated heterocycles. The molecular weight excluding hydrogens is 1020 g/mol. The van der Waals surface area contributed by atoms with Gasteiger partial charge >= 0.3 is 0 Å². The maximum Gasteiger partial charge on any atom is 0.252 e. The first-order chi connectivity index (χ1) is 40.1. The smallest absolute Gasteiger partial charge is 0.252 e.